The van der Waals surface area contributed by atoms with Crippen molar-refractivity contribution < 1.29 is 27.9 Å². The number of aromatic nitrogens is 2. The van der Waals surface area contributed by atoms with Crippen LogP contribution in [0.4, 0.5) is 26.2 Å². The van der Waals surface area contributed by atoms with Gasteiger partial charge in [-0.05, 0) is 45.1 Å². The van der Waals surface area contributed by atoms with Crippen LogP contribution < -0.4 is 20.0 Å². The van der Waals surface area contributed by atoms with Crippen LogP contribution in [0.1, 0.15) is 42.5 Å². The maximum Gasteiger partial charge on any atom is 0.342 e. The van der Waals surface area contributed by atoms with E-state index >= 15 is 8.78 Å². The van der Waals surface area contributed by atoms with Crippen molar-refractivity contribution in [2.45, 2.75) is 44.1 Å². The second-order valence-corrected chi connectivity index (χ2v) is 11.9. The zero-order chi connectivity index (χ0) is 32.3. The van der Waals surface area contributed by atoms with E-state index < -0.39 is 24.3 Å². The van der Waals surface area contributed by atoms with Crippen molar-refractivity contribution in [1.82, 2.24) is 29.9 Å². The minimum atomic E-state index is -3.61. The number of hydrogen-bond donors (Lipinski definition) is 1. The fraction of sp³-hybridized carbons (Fsp3) is 0.567. The van der Waals surface area contributed by atoms with Crippen LogP contribution in [0.5, 0.6) is 5.75 Å². The molecule has 1 N–H and O–H groups in total. The Morgan fingerprint density at radius 3 is 2.49 bits per heavy atom. The van der Waals surface area contributed by atoms with Crippen molar-refractivity contribution in [2.75, 3.05) is 82.7 Å². The third kappa shape index (κ3) is 7.09. The van der Waals surface area contributed by atoms with Crippen molar-refractivity contribution in [3.63, 3.8) is 0 Å². The van der Waals surface area contributed by atoms with Gasteiger partial charge in [-0.1, -0.05) is 25.3 Å². The van der Waals surface area contributed by atoms with Gasteiger partial charge in [-0.15, -0.1) is 0 Å². The smallest absolute Gasteiger partial charge is 0.342 e. The van der Waals surface area contributed by atoms with Crippen molar-refractivity contribution >= 4 is 35.2 Å². The maximum atomic E-state index is 15.1. The molecule has 244 valence electrons. The number of likely N-dealkylation sites (N-methyl/N-ethyl adjacent to an activating group) is 1. The summed E-state index contributed by atoms with van der Waals surface area (Å²) in [6, 6.07) is 6.48. The van der Waals surface area contributed by atoms with E-state index in [1.165, 1.54) is 30.4 Å². The molecule has 1 saturated carbocycles. The summed E-state index contributed by atoms with van der Waals surface area (Å²) < 4.78 is 35.6. The van der Waals surface area contributed by atoms with Crippen molar-refractivity contribution in [1.29, 1.82) is 0 Å². The number of nitrogens with zero attached hydrogens (tertiary/aromatic N) is 8. The Hall–Kier alpha value is -4.11. The first kappa shape index (κ1) is 32.3. The Balaban J connectivity index is 1.47. The third-order valence-corrected chi connectivity index (χ3v) is 8.44. The molecule has 13 nitrogen and oxygen atoms in total. The number of anilines is 3. The topological polar surface area (TPSA) is 118 Å². The molecule has 1 saturated heterocycles. The lowest BCUT2D eigenvalue weighted by molar-refractivity contribution is -0.140. The van der Waals surface area contributed by atoms with Crippen LogP contribution in [-0.4, -0.2) is 127 Å². The summed E-state index contributed by atoms with van der Waals surface area (Å²) in [6.07, 6.45) is 5.57. The maximum absolute atomic E-state index is 15.1. The van der Waals surface area contributed by atoms with E-state index in [9.17, 15) is 14.4 Å². The highest BCUT2D eigenvalue weighted by molar-refractivity contribution is 6.02. The zero-order valence-corrected chi connectivity index (χ0v) is 26.2. The van der Waals surface area contributed by atoms with Crippen molar-refractivity contribution in [2.24, 2.45) is 0 Å². The quantitative estimate of drug-likeness (QED) is 0.436. The zero-order valence-electron chi connectivity index (χ0n) is 26.2. The third-order valence-electron chi connectivity index (χ3n) is 8.44. The molecule has 1 aliphatic carbocycles. The summed E-state index contributed by atoms with van der Waals surface area (Å²) in [4.78, 5) is 54.4. The Morgan fingerprint density at radius 1 is 1.11 bits per heavy atom. The number of hydrogen-bond acceptors (Lipinski definition) is 10. The number of halogens is 2. The molecule has 2 aliphatic heterocycles. The highest BCUT2D eigenvalue weighted by Crippen LogP contribution is 2.39. The van der Waals surface area contributed by atoms with Crippen molar-refractivity contribution in [3.05, 3.63) is 36.0 Å². The van der Waals surface area contributed by atoms with Crippen LogP contribution in [0.25, 0.3) is 0 Å². The van der Waals surface area contributed by atoms with Crippen LogP contribution in [0, 0.1) is 0 Å². The molecule has 15 heteroatoms. The average Bonchev–Trinajstić information content (AvgIpc) is 3.12. The number of alkyl halides is 2. The molecule has 3 aliphatic rings. The van der Waals surface area contributed by atoms with Gasteiger partial charge in [0, 0.05) is 44.8 Å². The Bertz CT molecular complexity index is 1400. The minimum Gasteiger partial charge on any atom is -0.497 e. The lowest BCUT2D eigenvalue weighted by Crippen LogP contribution is -2.59. The van der Waals surface area contributed by atoms with Gasteiger partial charge in [0.2, 0.25) is 11.9 Å². The summed E-state index contributed by atoms with van der Waals surface area (Å²) >= 11 is 0. The second kappa shape index (κ2) is 13.5. The molecule has 2 aromatic rings. The lowest BCUT2D eigenvalue weighted by atomic mass is 9.94. The summed E-state index contributed by atoms with van der Waals surface area (Å²) in [5, 5.41) is 3.06. The summed E-state index contributed by atoms with van der Waals surface area (Å²) in [7, 11) is 6.47. The molecule has 2 fully saturated rings. The predicted octanol–water partition coefficient (Wildman–Crippen LogP) is 2.33. The van der Waals surface area contributed by atoms with E-state index in [2.05, 4.69) is 15.4 Å². The van der Waals surface area contributed by atoms with Gasteiger partial charge in [0.05, 0.1) is 26.4 Å². The molecule has 5 rings (SSSR count). The van der Waals surface area contributed by atoms with Gasteiger partial charge < -0.3 is 24.3 Å². The normalized spacial score (nSPS) is 19.3. The molecule has 0 radical (unpaired) electrons. The fourth-order valence-corrected chi connectivity index (χ4v) is 6.01. The number of amides is 3. The van der Waals surface area contributed by atoms with Crippen LogP contribution in [-0.2, 0) is 9.59 Å². The first-order chi connectivity index (χ1) is 21.5. The van der Waals surface area contributed by atoms with E-state index in [4.69, 9.17) is 4.74 Å². The molecule has 1 aromatic heterocycles. The first-order valence-electron chi connectivity index (χ1n) is 15.2. The average molecular weight is 630 g/mol. The van der Waals surface area contributed by atoms with Gasteiger partial charge in [-0.2, -0.15) is 23.9 Å². The summed E-state index contributed by atoms with van der Waals surface area (Å²) in [6.45, 7) is 0.938. The standard InChI is InChI=1S/C30H41F2N9O4/c1-36(2)19-25(42)38-13-15-39(16-14-38)41(27(43)21-9-8-12-23(17-21)45-4)35-29-33-18-24-26(34-29)40(22-10-6-5-7-11-22)20-30(31,32)28(44)37(24)3/h8-9,12,17-18,22H,5-7,10-11,13-16,19-20H2,1-4H3,(H,33,34,35). The molecule has 45 heavy (non-hydrogen) atoms. The molecule has 0 spiro atoms. The second-order valence-electron chi connectivity index (χ2n) is 11.9. The lowest BCUT2D eigenvalue weighted by Gasteiger charge is -2.41. The Morgan fingerprint density at radius 2 is 1.82 bits per heavy atom. The predicted molar refractivity (Wildman–Crippen MR) is 164 cm³/mol. The van der Waals surface area contributed by atoms with Crippen LogP contribution in [0.2, 0.25) is 0 Å². The van der Waals surface area contributed by atoms with Gasteiger partial charge in [0.25, 0.3) is 11.8 Å². The number of methoxy groups -OCH3 is 1. The van der Waals surface area contributed by atoms with E-state index in [0.29, 0.717) is 50.3 Å². The van der Waals surface area contributed by atoms with E-state index in [-0.39, 0.29) is 35.9 Å². The molecular formula is C30H41F2N9O4. The van der Waals surface area contributed by atoms with E-state index in [1.807, 2.05) is 19.0 Å². The monoisotopic (exact) mass is 629 g/mol. The Kier molecular flexibility index (Phi) is 9.68. The molecule has 0 unspecified atom stereocenters. The van der Waals surface area contributed by atoms with Gasteiger partial charge in [0.15, 0.2) is 5.82 Å². The first-order valence-corrected chi connectivity index (χ1v) is 15.2. The van der Waals surface area contributed by atoms with Crippen LogP contribution in [0.15, 0.2) is 30.5 Å². The number of nitrogens with one attached hydrogen (secondary N) is 1. The summed E-state index contributed by atoms with van der Waals surface area (Å²) in [5.74, 6) is -4.66. The van der Waals surface area contributed by atoms with Gasteiger partial charge in [-0.25, -0.2) is 10.4 Å². The Labute approximate surface area is 261 Å². The highest BCUT2D eigenvalue weighted by Gasteiger charge is 2.48. The summed E-state index contributed by atoms with van der Waals surface area (Å²) in [5.41, 5.74) is 3.52. The number of piperazine rings is 1. The van der Waals surface area contributed by atoms with Crippen LogP contribution >= 0.6 is 0 Å². The van der Waals surface area contributed by atoms with E-state index in [1.54, 1.807) is 34.2 Å². The molecule has 3 heterocycles. The van der Waals surface area contributed by atoms with Gasteiger partial charge >= 0.3 is 5.92 Å². The van der Waals surface area contributed by atoms with E-state index in [0.717, 1.165) is 24.2 Å². The number of fused-ring (bicyclic) bond motifs is 1. The molecule has 0 bridgehead atoms. The molecular weight excluding hydrogens is 588 g/mol. The number of ether oxygens (including phenoxy) is 1. The largest absolute Gasteiger partial charge is 0.497 e. The number of rotatable bonds is 8. The molecule has 0 atom stereocenters. The number of benzene rings is 1. The van der Waals surface area contributed by atoms with Crippen LogP contribution in [0.3, 0.4) is 0 Å². The van der Waals surface area contributed by atoms with Gasteiger partial charge in [0.1, 0.15) is 11.4 Å². The molecule has 1 aromatic carbocycles. The van der Waals surface area contributed by atoms with Crippen molar-refractivity contribution in [3.8, 4) is 5.75 Å². The van der Waals surface area contributed by atoms with Gasteiger partial charge in [-0.3, -0.25) is 14.4 Å². The fourth-order valence-electron chi connectivity index (χ4n) is 6.01. The number of carbonyl (C=O) groups is 3. The SMILES string of the molecule is COc1cccc(C(=O)N(Nc2ncc3c(n2)N(C2CCCCC2)CC(F)(F)C(=O)N3C)N2CCN(C(=O)CN(C)C)CC2)c1. The number of carbonyl (C=O) groups excluding carboxylic acids is 3. The molecule has 3 amide bonds. The minimum absolute atomic E-state index is 0.00276. The highest BCUT2D eigenvalue weighted by atomic mass is 19.3. The number of hydrazine groups is 2.